The van der Waals surface area contributed by atoms with Gasteiger partial charge in [0.1, 0.15) is 0 Å². The van der Waals surface area contributed by atoms with E-state index in [4.69, 9.17) is 4.74 Å². The van der Waals surface area contributed by atoms with Crippen LogP contribution in [-0.4, -0.2) is 37.6 Å². The van der Waals surface area contributed by atoms with Crippen molar-refractivity contribution < 1.29 is 13.9 Å². The van der Waals surface area contributed by atoms with E-state index in [-0.39, 0.29) is 42.0 Å². The zero-order valence-corrected chi connectivity index (χ0v) is 20.5. The molecule has 4 rings (SSSR count). The SMILES string of the molecule is COc1ccc(C(=O)Nc2ccccc2NCC2CCN(c3ccncc3)CC2)cc1F.Cl.Cl. The number of nitrogens with one attached hydrogen (secondary N) is 2. The van der Waals surface area contributed by atoms with E-state index in [1.54, 1.807) is 6.07 Å². The molecular weight excluding hydrogens is 478 g/mol. The van der Waals surface area contributed by atoms with E-state index in [1.807, 2.05) is 48.8 Å². The van der Waals surface area contributed by atoms with Crippen LogP contribution in [0.5, 0.6) is 5.75 Å². The van der Waals surface area contributed by atoms with Gasteiger partial charge in [0.05, 0.1) is 18.5 Å². The van der Waals surface area contributed by atoms with Gasteiger partial charge in [-0.3, -0.25) is 9.78 Å². The summed E-state index contributed by atoms with van der Waals surface area (Å²) < 4.78 is 18.9. The van der Waals surface area contributed by atoms with Crippen molar-refractivity contribution in [1.82, 2.24) is 4.98 Å². The first kappa shape index (κ1) is 27.2. The molecule has 3 aromatic rings. The molecule has 2 aromatic carbocycles. The molecule has 0 spiro atoms. The Labute approximate surface area is 211 Å². The molecule has 34 heavy (non-hydrogen) atoms. The molecule has 2 heterocycles. The number of methoxy groups -OCH3 is 1. The lowest BCUT2D eigenvalue weighted by Crippen LogP contribution is -2.35. The number of carbonyl (C=O) groups excluding carboxylic acids is 1. The molecule has 0 saturated carbocycles. The minimum absolute atomic E-state index is 0. The quantitative estimate of drug-likeness (QED) is 0.433. The van der Waals surface area contributed by atoms with Crippen molar-refractivity contribution in [3.8, 4) is 5.75 Å². The maximum absolute atomic E-state index is 14.0. The van der Waals surface area contributed by atoms with E-state index in [1.165, 1.54) is 24.9 Å². The number of ether oxygens (including phenoxy) is 1. The van der Waals surface area contributed by atoms with Crippen LogP contribution in [0, 0.1) is 11.7 Å². The van der Waals surface area contributed by atoms with E-state index < -0.39 is 5.82 Å². The third kappa shape index (κ3) is 6.74. The first-order chi connectivity index (χ1) is 15.6. The Hall–Kier alpha value is -3.03. The molecule has 2 N–H and O–H groups in total. The summed E-state index contributed by atoms with van der Waals surface area (Å²) in [6.07, 6.45) is 5.84. The second-order valence-corrected chi connectivity index (χ2v) is 7.87. The number of amides is 1. The Kier molecular flexibility index (Phi) is 10.4. The Morgan fingerprint density at radius 3 is 2.38 bits per heavy atom. The Morgan fingerprint density at radius 2 is 1.74 bits per heavy atom. The molecule has 1 aromatic heterocycles. The van der Waals surface area contributed by atoms with Crippen LogP contribution in [0.1, 0.15) is 23.2 Å². The minimum atomic E-state index is -0.565. The van der Waals surface area contributed by atoms with Crippen LogP contribution in [0.25, 0.3) is 0 Å². The van der Waals surface area contributed by atoms with Gasteiger partial charge in [-0.1, -0.05) is 12.1 Å². The molecule has 1 amide bonds. The van der Waals surface area contributed by atoms with Crippen molar-refractivity contribution in [3.05, 3.63) is 78.4 Å². The highest BCUT2D eigenvalue weighted by molar-refractivity contribution is 6.06. The van der Waals surface area contributed by atoms with E-state index in [9.17, 15) is 9.18 Å². The summed E-state index contributed by atoms with van der Waals surface area (Å²) in [7, 11) is 1.39. The van der Waals surface area contributed by atoms with Gasteiger partial charge in [0, 0.05) is 43.3 Å². The number of anilines is 3. The molecule has 1 fully saturated rings. The fraction of sp³-hybridized carbons (Fsp3) is 0.280. The summed E-state index contributed by atoms with van der Waals surface area (Å²) in [4.78, 5) is 19.1. The highest BCUT2D eigenvalue weighted by atomic mass is 35.5. The van der Waals surface area contributed by atoms with Gasteiger partial charge in [-0.25, -0.2) is 4.39 Å². The monoisotopic (exact) mass is 506 g/mol. The molecule has 1 aliphatic rings. The van der Waals surface area contributed by atoms with E-state index in [2.05, 4.69) is 20.5 Å². The van der Waals surface area contributed by atoms with Crippen LogP contribution < -0.4 is 20.3 Å². The molecule has 182 valence electrons. The summed E-state index contributed by atoms with van der Waals surface area (Å²) in [5.41, 5.74) is 2.98. The smallest absolute Gasteiger partial charge is 0.255 e. The number of benzene rings is 2. The number of aromatic nitrogens is 1. The molecular formula is C25H29Cl2FN4O2. The van der Waals surface area contributed by atoms with Crippen LogP contribution in [-0.2, 0) is 0 Å². The summed E-state index contributed by atoms with van der Waals surface area (Å²) in [5, 5.41) is 6.37. The Balaban J connectivity index is 0.00000204. The zero-order valence-electron chi connectivity index (χ0n) is 18.9. The number of piperidine rings is 1. The van der Waals surface area contributed by atoms with Gasteiger partial charge < -0.3 is 20.3 Å². The number of pyridine rings is 1. The number of para-hydroxylation sites is 2. The molecule has 0 aliphatic carbocycles. The second-order valence-electron chi connectivity index (χ2n) is 7.87. The van der Waals surface area contributed by atoms with Crippen molar-refractivity contribution in [3.63, 3.8) is 0 Å². The maximum atomic E-state index is 14.0. The zero-order chi connectivity index (χ0) is 22.3. The van der Waals surface area contributed by atoms with Gasteiger partial charge in [-0.15, -0.1) is 24.8 Å². The number of carbonyl (C=O) groups is 1. The highest BCUT2D eigenvalue weighted by Crippen LogP contribution is 2.26. The maximum Gasteiger partial charge on any atom is 0.255 e. The molecule has 0 radical (unpaired) electrons. The molecule has 6 nitrogen and oxygen atoms in total. The Morgan fingerprint density at radius 1 is 1.06 bits per heavy atom. The summed E-state index contributed by atoms with van der Waals surface area (Å²) in [6.45, 7) is 2.85. The largest absolute Gasteiger partial charge is 0.494 e. The van der Waals surface area contributed by atoms with Crippen LogP contribution in [0.4, 0.5) is 21.5 Å². The molecule has 0 atom stereocenters. The lowest BCUT2D eigenvalue weighted by molar-refractivity contribution is 0.102. The van der Waals surface area contributed by atoms with Crippen LogP contribution in [0.15, 0.2) is 67.0 Å². The third-order valence-electron chi connectivity index (χ3n) is 5.81. The average Bonchev–Trinajstić information content (AvgIpc) is 2.84. The van der Waals surface area contributed by atoms with Crippen LogP contribution in [0.2, 0.25) is 0 Å². The number of halogens is 3. The van der Waals surface area contributed by atoms with Crippen molar-refractivity contribution in [2.45, 2.75) is 12.8 Å². The summed E-state index contributed by atoms with van der Waals surface area (Å²) >= 11 is 0. The van der Waals surface area contributed by atoms with Crippen molar-refractivity contribution >= 4 is 47.8 Å². The Bertz CT molecular complexity index is 1060. The van der Waals surface area contributed by atoms with E-state index in [0.29, 0.717) is 11.6 Å². The first-order valence-electron chi connectivity index (χ1n) is 10.8. The fourth-order valence-corrected chi connectivity index (χ4v) is 3.95. The van der Waals surface area contributed by atoms with Gasteiger partial charge in [0.15, 0.2) is 11.6 Å². The molecule has 1 saturated heterocycles. The lowest BCUT2D eigenvalue weighted by atomic mass is 9.96. The normalized spacial score (nSPS) is 13.3. The highest BCUT2D eigenvalue weighted by Gasteiger charge is 2.20. The van der Waals surface area contributed by atoms with E-state index in [0.717, 1.165) is 38.2 Å². The average molecular weight is 507 g/mol. The standard InChI is InChI=1S/C25H27FN4O2.2ClH/c1-32-24-7-6-19(16-21(24)26)25(31)29-23-5-3-2-4-22(23)28-17-18-10-14-30(15-11-18)20-8-12-27-13-9-20;;/h2-9,12-13,16,18,28H,10-11,14-15,17H2,1H3,(H,29,31);2*1H. The molecule has 0 unspecified atom stereocenters. The molecule has 0 bridgehead atoms. The number of rotatable bonds is 7. The van der Waals surface area contributed by atoms with Crippen molar-refractivity contribution in [1.29, 1.82) is 0 Å². The number of nitrogens with zero attached hydrogens (tertiary/aromatic N) is 2. The van der Waals surface area contributed by atoms with Gasteiger partial charge in [0.2, 0.25) is 0 Å². The molecule has 9 heteroatoms. The van der Waals surface area contributed by atoms with E-state index >= 15 is 0 Å². The van der Waals surface area contributed by atoms with Crippen LogP contribution in [0.3, 0.4) is 0 Å². The fourth-order valence-electron chi connectivity index (χ4n) is 3.95. The van der Waals surface area contributed by atoms with Gasteiger partial charge in [-0.05, 0) is 61.2 Å². The van der Waals surface area contributed by atoms with Crippen LogP contribution >= 0.6 is 24.8 Å². The predicted octanol–water partition coefficient (Wildman–Crippen LogP) is 5.65. The van der Waals surface area contributed by atoms with Gasteiger partial charge >= 0.3 is 0 Å². The van der Waals surface area contributed by atoms with Gasteiger partial charge in [-0.2, -0.15) is 0 Å². The molecule has 1 aliphatic heterocycles. The van der Waals surface area contributed by atoms with Crippen molar-refractivity contribution in [2.24, 2.45) is 5.92 Å². The minimum Gasteiger partial charge on any atom is -0.494 e. The van der Waals surface area contributed by atoms with Crippen molar-refractivity contribution in [2.75, 3.05) is 42.3 Å². The predicted molar refractivity (Wildman–Crippen MR) is 140 cm³/mol. The second kappa shape index (κ2) is 13.0. The number of hydrogen-bond acceptors (Lipinski definition) is 5. The first-order valence-corrected chi connectivity index (χ1v) is 10.8. The topological polar surface area (TPSA) is 66.5 Å². The summed E-state index contributed by atoms with van der Waals surface area (Å²) in [6, 6.07) is 15.8. The lowest BCUT2D eigenvalue weighted by Gasteiger charge is -2.33. The summed E-state index contributed by atoms with van der Waals surface area (Å²) in [5.74, 6) is -0.276. The number of hydrogen-bond donors (Lipinski definition) is 2. The third-order valence-corrected chi connectivity index (χ3v) is 5.81. The van der Waals surface area contributed by atoms with Gasteiger partial charge in [0.25, 0.3) is 5.91 Å².